The third-order valence-corrected chi connectivity index (χ3v) is 4.28. The van der Waals surface area contributed by atoms with E-state index >= 15 is 0 Å². The maximum Gasteiger partial charge on any atom is 0.123 e. The number of allylic oxidation sites excluding steroid dienone is 1. The Bertz CT molecular complexity index is 901. The summed E-state index contributed by atoms with van der Waals surface area (Å²) in [6.07, 6.45) is 4.08. The zero-order valence-corrected chi connectivity index (χ0v) is 14.4. The van der Waals surface area contributed by atoms with Gasteiger partial charge in [0.1, 0.15) is 11.8 Å². The van der Waals surface area contributed by atoms with Gasteiger partial charge in [-0.05, 0) is 41.3 Å². The minimum atomic E-state index is -0.260. The zero-order valence-electron chi connectivity index (χ0n) is 14.4. The summed E-state index contributed by atoms with van der Waals surface area (Å²) in [7, 11) is 0. The molecule has 0 aliphatic heterocycles. The zero-order chi connectivity index (χ0) is 17.8. The average Bonchev–Trinajstić information content (AvgIpc) is 3.01. The number of rotatable bonds is 5. The highest BCUT2D eigenvalue weighted by Crippen LogP contribution is 2.35. The first-order chi connectivity index (χ1) is 12.1. The molecule has 0 unspecified atom stereocenters. The summed E-state index contributed by atoms with van der Waals surface area (Å²) in [4.78, 5) is 10.8. The maximum absolute atomic E-state index is 13.3. The second-order valence-electron chi connectivity index (χ2n) is 6.30. The number of hydrogen-bond donors (Lipinski definition) is 0. The second kappa shape index (κ2) is 7.33. The van der Waals surface area contributed by atoms with Gasteiger partial charge in [-0.25, -0.2) is 9.18 Å². The molecule has 0 fully saturated rings. The van der Waals surface area contributed by atoms with E-state index in [1.807, 2.05) is 24.1 Å². The van der Waals surface area contributed by atoms with Crippen LogP contribution >= 0.6 is 0 Å². The summed E-state index contributed by atoms with van der Waals surface area (Å²) < 4.78 is 15.5. The SMILES string of the molecule is CC(C)c1c(CC=C=O)c(-c2ccc(F)cc2)cn1-c1ccccc1. The van der Waals surface area contributed by atoms with Crippen LogP contribution in [0.5, 0.6) is 0 Å². The predicted octanol–water partition coefficient (Wildman–Crippen LogP) is 5.34. The fraction of sp³-hybridized carbons (Fsp3) is 0.182. The van der Waals surface area contributed by atoms with Crippen molar-refractivity contribution in [3.8, 4) is 16.8 Å². The number of para-hydroxylation sites is 1. The van der Waals surface area contributed by atoms with E-state index in [9.17, 15) is 9.18 Å². The summed E-state index contributed by atoms with van der Waals surface area (Å²) in [6.45, 7) is 4.27. The van der Waals surface area contributed by atoms with Gasteiger partial charge in [0.15, 0.2) is 0 Å². The lowest BCUT2D eigenvalue weighted by Gasteiger charge is -2.14. The molecular formula is C22H20FNO. The Kier molecular flexibility index (Phi) is 4.97. The summed E-state index contributed by atoms with van der Waals surface area (Å²) in [5, 5.41) is 0. The molecule has 1 heterocycles. The van der Waals surface area contributed by atoms with Crippen molar-refractivity contribution >= 4 is 5.94 Å². The minimum Gasteiger partial charge on any atom is -0.320 e. The van der Waals surface area contributed by atoms with E-state index in [4.69, 9.17) is 0 Å². The molecule has 0 N–H and O–H groups in total. The molecule has 3 rings (SSSR count). The third kappa shape index (κ3) is 3.47. The van der Waals surface area contributed by atoms with Crippen LogP contribution in [0, 0.1) is 5.82 Å². The van der Waals surface area contributed by atoms with Gasteiger partial charge in [-0.2, -0.15) is 0 Å². The highest BCUT2D eigenvalue weighted by molar-refractivity contribution is 5.71. The molecule has 0 spiro atoms. The van der Waals surface area contributed by atoms with Crippen molar-refractivity contribution in [2.45, 2.75) is 26.2 Å². The first-order valence-electron chi connectivity index (χ1n) is 8.36. The van der Waals surface area contributed by atoms with Crippen molar-refractivity contribution in [1.82, 2.24) is 4.57 Å². The quantitative estimate of drug-likeness (QED) is 0.578. The lowest BCUT2D eigenvalue weighted by molar-refractivity contribution is 0.568. The van der Waals surface area contributed by atoms with Crippen molar-refractivity contribution in [1.29, 1.82) is 0 Å². The lowest BCUT2D eigenvalue weighted by Crippen LogP contribution is -2.03. The number of aromatic nitrogens is 1. The summed E-state index contributed by atoms with van der Waals surface area (Å²) in [5.74, 6) is 1.88. The van der Waals surface area contributed by atoms with E-state index < -0.39 is 0 Å². The van der Waals surface area contributed by atoms with Crippen molar-refractivity contribution in [2.75, 3.05) is 0 Å². The highest BCUT2D eigenvalue weighted by atomic mass is 19.1. The Morgan fingerprint density at radius 1 is 1.08 bits per heavy atom. The molecule has 0 amide bonds. The van der Waals surface area contributed by atoms with E-state index in [0.29, 0.717) is 6.42 Å². The van der Waals surface area contributed by atoms with Crippen LogP contribution < -0.4 is 0 Å². The number of nitrogens with zero attached hydrogens (tertiary/aromatic N) is 1. The second-order valence-corrected chi connectivity index (χ2v) is 6.30. The number of halogens is 1. The Labute approximate surface area is 147 Å². The van der Waals surface area contributed by atoms with Gasteiger partial charge in [-0.3, -0.25) is 0 Å². The normalized spacial score (nSPS) is 10.7. The lowest BCUT2D eigenvalue weighted by atomic mass is 9.96. The summed E-state index contributed by atoms with van der Waals surface area (Å²) >= 11 is 0. The van der Waals surface area contributed by atoms with Crippen LogP contribution in [0.4, 0.5) is 4.39 Å². The van der Waals surface area contributed by atoms with Gasteiger partial charge in [0, 0.05) is 35.6 Å². The average molecular weight is 333 g/mol. The minimum absolute atomic E-state index is 0.260. The molecule has 1 aromatic heterocycles. The van der Waals surface area contributed by atoms with E-state index in [1.165, 1.54) is 18.2 Å². The van der Waals surface area contributed by atoms with Crippen molar-refractivity contribution in [2.24, 2.45) is 0 Å². The largest absolute Gasteiger partial charge is 0.320 e. The van der Waals surface area contributed by atoms with Crippen LogP contribution in [0.25, 0.3) is 16.8 Å². The summed E-state index contributed by atoms with van der Waals surface area (Å²) in [6, 6.07) is 16.6. The molecule has 25 heavy (non-hydrogen) atoms. The fourth-order valence-corrected chi connectivity index (χ4v) is 3.23. The molecule has 2 nitrogen and oxygen atoms in total. The molecule has 0 aliphatic carbocycles. The van der Waals surface area contributed by atoms with Gasteiger partial charge in [0.05, 0.1) is 0 Å². The number of hydrogen-bond acceptors (Lipinski definition) is 1. The monoisotopic (exact) mass is 333 g/mol. The van der Waals surface area contributed by atoms with Gasteiger partial charge >= 0.3 is 0 Å². The van der Waals surface area contributed by atoms with Crippen LogP contribution in [0.1, 0.15) is 31.0 Å². The topological polar surface area (TPSA) is 22.0 Å². The van der Waals surface area contributed by atoms with E-state index in [1.54, 1.807) is 12.1 Å². The van der Waals surface area contributed by atoms with Gasteiger partial charge in [0.25, 0.3) is 0 Å². The summed E-state index contributed by atoms with van der Waals surface area (Å²) in [5.41, 5.74) is 5.24. The standard InChI is InChI=1S/C22H20FNO/c1-16(2)22-20(9-6-14-25)21(17-10-12-18(23)13-11-17)15-24(22)19-7-4-3-5-8-19/h3-8,10-13,15-16H,9H2,1-2H3. The molecule has 0 bridgehead atoms. The fourth-order valence-electron chi connectivity index (χ4n) is 3.23. The molecule has 3 aromatic rings. The van der Waals surface area contributed by atoms with Crippen molar-refractivity contribution < 1.29 is 9.18 Å². The number of carbonyl (C=O) groups excluding carboxylic acids is 1. The smallest absolute Gasteiger partial charge is 0.123 e. The van der Waals surface area contributed by atoms with Gasteiger partial charge in [-0.1, -0.05) is 44.2 Å². The molecule has 126 valence electrons. The number of benzene rings is 2. The van der Waals surface area contributed by atoms with Crippen LogP contribution in [0.2, 0.25) is 0 Å². The molecular weight excluding hydrogens is 313 g/mol. The Morgan fingerprint density at radius 2 is 1.76 bits per heavy atom. The highest BCUT2D eigenvalue weighted by Gasteiger charge is 2.19. The van der Waals surface area contributed by atoms with Gasteiger partial charge in [-0.15, -0.1) is 0 Å². The molecule has 0 aliphatic rings. The molecule has 0 atom stereocenters. The Hall–Kier alpha value is -2.90. The van der Waals surface area contributed by atoms with Gasteiger partial charge < -0.3 is 4.57 Å². The van der Waals surface area contributed by atoms with Crippen LogP contribution in [0.3, 0.4) is 0 Å². The predicted molar refractivity (Wildman–Crippen MR) is 99.2 cm³/mol. The first kappa shape index (κ1) is 16.9. The van der Waals surface area contributed by atoms with Crippen molar-refractivity contribution in [3.05, 3.63) is 83.9 Å². The molecule has 0 saturated carbocycles. The maximum atomic E-state index is 13.3. The Balaban J connectivity index is 2.26. The Morgan fingerprint density at radius 3 is 2.36 bits per heavy atom. The van der Waals surface area contributed by atoms with Crippen LogP contribution in [-0.4, -0.2) is 10.5 Å². The molecule has 3 heteroatoms. The van der Waals surface area contributed by atoms with E-state index in [0.717, 1.165) is 28.1 Å². The third-order valence-electron chi connectivity index (χ3n) is 4.28. The van der Waals surface area contributed by atoms with Crippen LogP contribution in [0.15, 0.2) is 66.9 Å². The first-order valence-corrected chi connectivity index (χ1v) is 8.36. The van der Waals surface area contributed by atoms with Crippen molar-refractivity contribution in [3.63, 3.8) is 0 Å². The van der Waals surface area contributed by atoms with E-state index in [-0.39, 0.29) is 11.7 Å². The molecule has 0 saturated heterocycles. The van der Waals surface area contributed by atoms with Crippen LogP contribution in [-0.2, 0) is 11.2 Å². The molecule has 2 aromatic carbocycles. The van der Waals surface area contributed by atoms with E-state index in [2.05, 4.69) is 36.7 Å². The molecule has 0 radical (unpaired) electrons. The van der Waals surface area contributed by atoms with Gasteiger partial charge in [0.2, 0.25) is 0 Å².